The van der Waals surface area contributed by atoms with Crippen molar-refractivity contribution < 1.29 is 23.4 Å². The minimum Gasteiger partial charge on any atom is -0.394 e. The van der Waals surface area contributed by atoms with E-state index in [9.17, 15) is 23.9 Å². The van der Waals surface area contributed by atoms with Gasteiger partial charge in [0.15, 0.2) is 0 Å². The molecular formula is C28H23F2N5O3. The fraction of sp³-hybridized carbons (Fsp3) is 0.179. The number of hydrogen-bond acceptors (Lipinski definition) is 6. The highest BCUT2D eigenvalue weighted by molar-refractivity contribution is 6.04. The molecule has 2 atom stereocenters. The van der Waals surface area contributed by atoms with Gasteiger partial charge >= 0.3 is 0 Å². The summed E-state index contributed by atoms with van der Waals surface area (Å²) in [6.45, 7) is -0.360. The maximum atomic E-state index is 15.0. The number of nitrogens with zero attached hydrogens (tertiary/aromatic N) is 4. The number of carbonyl (C=O) groups excluding carboxylic acids is 1. The van der Waals surface area contributed by atoms with Crippen LogP contribution in [-0.4, -0.2) is 52.2 Å². The van der Waals surface area contributed by atoms with E-state index in [1.54, 1.807) is 36.5 Å². The van der Waals surface area contributed by atoms with E-state index >= 15 is 0 Å². The van der Waals surface area contributed by atoms with Crippen LogP contribution in [0.25, 0.3) is 22.5 Å². The number of rotatable bonds is 9. The van der Waals surface area contributed by atoms with Crippen molar-refractivity contribution in [2.45, 2.75) is 12.5 Å². The molecule has 192 valence electrons. The van der Waals surface area contributed by atoms with Gasteiger partial charge in [-0.3, -0.25) is 14.9 Å². The summed E-state index contributed by atoms with van der Waals surface area (Å²) in [5.74, 6) is -2.40. The van der Waals surface area contributed by atoms with Crippen LogP contribution in [0.2, 0.25) is 0 Å². The quantitative estimate of drug-likeness (QED) is 0.319. The van der Waals surface area contributed by atoms with E-state index in [0.717, 1.165) is 0 Å². The fourth-order valence-electron chi connectivity index (χ4n) is 4.01. The van der Waals surface area contributed by atoms with Crippen LogP contribution in [0.3, 0.4) is 0 Å². The van der Waals surface area contributed by atoms with Gasteiger partial charge in [-0.25, -0.2) is 13.8 Å². The fourth-order valence-corrected chi connectivity index (χ4v) is 4.01. The first-order valence-electron chi connectivity index (χ1n) is 11.6. The lowest BCUT2D eigenvalue weighted by atomic mass is 9.95. The number of pyridine rings is 1. The molecule has 1 amide bonds. The minimum atomic E-state index is -0.731. The number of nitrogens with one attached hydrogen (secondary N) is 1. The zero-order chi connectivity index (χ0) is 27.1. The van der Waals surface area contributed by atoms with E-state index < -0.39 is 29.6 Å². The lowest BCUT2D eigenvalue weighted by Crippen LogP contribution is -2.30. The second-order valence-corrected chi connectivity index (χ2v) is 8.35. The van der Waals surface area contributed by atoms with Crippen molar-refractivity contribution in [2.24, 2.45) is 10.9 Å². The molecule has 0 spiro atoms. The Balaban J connectivity index is 1.65. The number of aliphatic hydroxyl groups excluding tert-OH is 1. The molecule has 0 bridgehead atoms. The number of aromatic amines is 1. The molecule has 0 radical (unpaired) electrons. The molecule has 4 rings (SSSR count). The third-order valence-corrected chi connectivity index (χ3v) is 6.02. The molecular weight excluding hydrogens is 492 g/mol. The Hall–Kier alpha value is -4.59. The van der Waals surface area contributed by atoms with Crippen LogP contribution in [0.1, 0.15) is 21.6 Å². The Morgan fingerprint density at radius 3 is 2.71 bits per heavy atom. The number of methoxy groups -OCH3 is 1. The highest BCUT2D eigenvalue weighted by atomic mass is 19.1. The zero-order valence-corrected chi connectivity index (χ0v) is 20.3. The number of benzene rings is 2. The van der Waals surface area contributed by atoms with Gasteiger partial charge < -0.3 is 9.84 Å². The Labute approximate surface area is 217 Å². The SMILES string of the molecule is COC(CO)C(/C=N/C(=O)c1cccc(F)c1-c1cc(-c2ccc(F)cc2)[nH]n1)Cc1ncccc1C#N. The number of aromatic nitrogens is 3. The van der Waals surface area contributed by atoms with Crippen LogP contribution in [-0.2, 0) is 11.2 Å². The summed E-state index contributed by atoms with van der Waals surface area (Å²) in [4.78, 5) is 21.5. The summed E-state index contributed by atoms with van der Waals surface area (Å²) >= 11 is 0. The molecule has 10 heteroatoms. The molecule has 2 unspecified atom stereocenters. The van der Waals surface area contributed by atoms with Crippen LogP contribution >= 0.6 is 0 Å². The van der Waals surface area contributed by atoms with Crippen molar-refractivity contribution in [1.29, 1.82) is 5.26 Å². The second kappa shape index (κ2) is 12.1. The Morgan fingerprint density at radius 1 is 1.21 bits per heavy atom. The van der Waals surface area contributed by atoms with Crippen LogP contribution < -0.4 is 0 Å². The lowest BCUT2D eigenvalue weighted by molar-refractivity contribution is 0.0271. The summed E-state index contributed by atoms with van der Waals surface area (Å²) < 4.78 is 33.6. The maximum Gasteiger partial charge on any atom is 0.277 e. The molecule has 8 nitrogen and oxygen atoms in total. The normalized spacial score (nSPS) is 12.8. The van der Waals surface area contributed by atoms with Gasteiger partial charge in [-0.1, -0.05) is 6.07 Å². The summed E-state index contributed by atoms with van der Waals surface area (Å²) in [6, 6.07) is 16.6. The average molecular weight is 516 g/mol. The van der Waals surface area contributed by atoms with Gasteiger partial charge in [0.05, 0.1) is 46.5 Å². The maximum absolute atomic E-state index is 15.0. The summed E-state index contributed by atoms with van der Waals surface area (Å²) in [7, 11) is 1.41. The van der Waals surface area contributed by atoms with Crippen molar-refractivity contribution in [3.05, 3.63) is 95.3 Å². The summed E-state index contributed by atoms with van der Waals surface area (Å²) in [6.07, 6.45) is 2.32. The van der Waals surface area contributed by atoms with E-state index in [1.165, 1.54) is 43.7 Å². The van der Waals surface area contributed by atoms with Gasteiger partial charge in [0.1, 0.15) is 17.7 Å². The molecule has 0 aliphatic heterocycles. The monoisotopic (exact) mass is 515 g/mol. The van der Waals surface area contributed by atoms with Crippen LogP contribution in [0, 0.1) is 28.9 Å². The van der Waals surface area contributed by atoms with Gasteiger partial charge in [-0.2, -0.15) is 10.4 Å². The Kier molecular flexibility index (Phi) is 8.43. The van der Waals surface area contributed by atoms with Crippen LogP contribution in [0.4, 0.5) is 8.78 Å². The smallest absolute Gasteiger partial charge is 0.277 e. The minimum absolute atomic E-state index is 0.0225. The molecule has 2 N–H and O–H groups in total. The number of H-pyrrole nitrogens is 1. The highest BCUT2D eigenvalue weighted by Crippen LogP contribution is 2.29. The van der Waals surface area contributed by atoms with E-state index in [2.05, 4.69) is 26.2 Å². The van der Waals surface area contributed by atoms with E-state index in [-0.39, 0.29) is 29.8 Å². The second-order valence-electron chi connectivity index (χ2n) is 8.35. The number of aliphatic imine (C=N–C) groups is 1. The molecule has 0 aliphatic rings. The summed E-state index contributed by atoms with van der Waals surface area (Å²) in [5.41, 5.74) is 2.08. The van der Waals surface area contributed by atoms with Gasteiger partial charge in [0.25, 0.3) is 5.91 Å². The number of carbonyl (C=O) groups is 1. The van der Waals surface area contributed by atoms with E-state index in [1.807, 2.05) is 0 Å². The van der Waals surface area contributed by atoms with Crippen molar-refractivity contribution in [3.8, 4) is 28.6 Å². The van der Waals surface area contributed by atoms with Gasteiger partial charge in [0.2, 0.25) is 0 Å². The highest BCUT2D eigenvalue weighted by Gasteiger charge is 2.23. The first-order valence-corrected chi connectivity index (χ1v) is 11.6. The number of halogens is 2. The van der Waals surface area contributed by atoms with Crippen LogP contribution in [0.5, 0.6) is 0 Å². The third-order valence-electron chi connectivity index (χ3n) is 6.02. The van der Waals surface area contributed by atoms with Crippen LogP contribution in [0.15, 0.2) is 71.9 Å². The summed E-state index contributed by atoms with van der Waals surface area (Å²) in [5, 5.41) is 26.1. The van der Waals surface area contributed by atoms with Crippen molar-refractivity contribution in [3.63, 3.8) is 0 Å². The molecule has 0 saturated carbocycles. The molecule has 2 aromatic heterocycles. The molecule has 2 heterocycles. The lowest BCUT2D eigenvalue weighted by Gasteiger charge is -2.21. The average Bonchev–Trinajstić information content (AvgIpc) is 3.42. The topological polar surface area (TPSA) is 124 Å². The number of nitriles is 1. The molecule has 4 aromatic rings. The Bertz CT molecular complexity index is 1490. The van der Waals surface area contributed by atoms with Crippen molar-refractivity contribution in [2.75, 3.05) is 13.7 Å². The first kappa shape index (κ1) is 26.5. The molecule has 0 aliphatic carbocycles. The molecule has 0 fully saturated rings. The predicted octanol–water partition coefficient (Wildman–Crippen LogP) is 4.37. The first-order chi connectivity index (χ1) is 18.4. The number of amides is 1. The van der Waals surface area contributed by atoms with Gasteiger partial charge in [-0.05, 0) is 60.2 Å². The van der Waals surface area contributed by atoms with Gasteiger partial charge in [-0.15, -0.1) is 0 Å². The zero-order valence-electron chi connectivity index (χ0n) is 20.3. The standard InChI is InChI=1S/C28H23F2N5O3/c1-38-26(16-36)19(12-23-18(14-31)4-3-11-32-23)15-33-28(37)21-5-2-6-22(30)27(21)25-13-24(34-35-25)17-7-9-20(29)10-8-17/h2-11,13,15,19,26,36H,12,16H2,1H3,(H,34,35)/b33-15+. The molecule has 0 saturated heterocycles. The number of aliphatic hydroxyl groups is 1. The third kappa shape index (κ3) is 5.86. The van der Waals surface area contributed by atoms with E-state index in [4.69, 9.17) is 4.74 Å². The van der Waals surface area contributed by atoms with E-state index in [0.29, 0.717) is 22.5 Å². The van der Waals surface area contributed by atoms with Crippen molar-refractivity contribution >= 4 is 12.1 Å². The van der Waals surface area contributed by atoms with Crippen molar-refractivity contribution in [1.82, 2.24) is 15.2 Å². The number of hydrogen-bond donors (Lipinski definition) is 2. The van der Waals surface area contributed by atoms with Gasteiger partial charge in [0, 0.05) is 31.9 Å². The Morgan fingerprint density at radius 2 is 2.00 bits per heavy atom. The predicted molar refractivity (Wildman–Crippen MR) is 136 cm³/mol. The molecule has 2 aromatic carbocycles. The largest absolute Gasteiger partial charge is 0.394 e. The number of ether oxygens (including phenoxy) is 1. The molecule has 38 heavy (non-hydrogen) atoms.